The van der Waals surface area contributed by atoms with Crippen LogP contribution in [0.2, 0.25) is 0 Å². The lowest BCUT2D eigenvalue weighted by atomic mass is 10.3. The third-order valence-corrected chi connectivity index (χ3v) is 1.75. The van der Waals surface area contributed by atoms with Crippen LogP contribution in [0.3, 0.4) is 0 Å². The van der Waals surface area contributed by atoms with Crippen molar-refractivity contribution in [1.82, 2.24) is 8.75 Å². The molecule has 0 atom stereocenters. The van der Waals surface area contributed by atoms with E-state index >= 15 is 0 Å². The molecule has 0 saturated heterocycles. The quantitative estimate of drug-likeness (QED) is 0.684. The van der Waals surface area contributed by atoms with Crippen LogP contribution in [-0.2, 0) is 6.42 Å². The highest BCUT2D eigenvalue weighted by molar-refractivity contribution is 6.99. The maximum atomic E-state index is 5.31. The van der Waals surface area contributed by atoms with Crippen molar-refractivity contribution in [3.05, 3.63) is 24.0 Å². The Morgan fingerprint density at radius 3 is 3.09 bits per heavy atom. The third kappa shape index (κ3) is 3.25. The normalized spacial score (nSPS) is 11.0. The molecule has 0 unspecified atom stereocenters. The van der Waals surface area contributed by atoms with Gasteiger partial charge in [0.15, 0.2) is 0 Å². The monoisotopic (exact) mass is 169 g/mol. The van der Waals surface area contributed by atoms with Crippen molar-refractivity contribution >= 4 is 11.7 Å². The lowest BCUT2D eigenvalue weighted by molar-refractivity contribution is 0.999. The molecule has 0 aliphatic heterocycles. The predicted octanol–water partition coefficient (Wildman–Crippen LogP) is 0.986. The Morgan fingerprint density at radius 2 is 2.45 bits per heavy atom. The fraction of sp³-hybridized carbons (Fsp3) is 0.429. The fourth-order valence-corrected chi connectivity index (χ4v) is 1.13. The highest BCUT2D eigenvalue weighted by Crippen LogP contribution is 1.97. The van der Waals surface area contributed by atoms with Gasteiger partial charge in [-0.05, 0) is 13.0 Å². The topological polar surface area (TPSA) is 51.8 Å². The van der Waals surface area contributed by atoms with Crippen molar-refractivity contribution in [2.75, 3.05) is 6.54 Å². The average Bonchev–Trinajstić information content (AvgIpc) is 2.50. The van der Waals surface area contributed by atoms with Gasteiger partial charge in [-0.15, -0.1) is 0 Å². The zero-order valence-corrected chi connectivity index (χ0v) is 7.05. The summed E-state index contributed by atoms with van der Waals surface area (Å²) in [7, 11) is 0. The zero-order valence-electron chi connectivity index (χ0n) is 6.23. The van der Waals surface area contributed by atoms with Gasteiger partial charge < -0.3 is 5.73 Å². The molecule has 0 radical (unpaired) electrons. The molecule has 60 valence electrons. The van der Waals surface area contributed by atoms with E-state index in [1.54, 1.807) is 6.20 Å². The summed E-state index contributed by atoms with van der Waals surface area (Å²) in [6.07, 6.45) is 7.74. The standard InChI is InChI=1S/C7H11N3S/c8-5-3-1-2-4-7-6-9-11-10-7/h1-2,6H,3-5,8H2/b2-1+. The van der Waals surface area contributed by atoms with Gasteiger partial charge >= 0.3 is 0 Å². The van der Waals surface area contributed by atoms with Crippen LogP contribution in [-0.4, -0.2) is 15.3 Å². The van der Waals surface area contributed by atoms with Crippen molar-refractivity contribution < 1.29 is 0 Å². The highest BCUT2D eigenvalue weighted by atomic mass is 32.1. The summed E-state index contributed by atoms with van der Waals surface area (Å²) >= 11 is 1.24. The minimum Gasteiger partial charge on any atom is -0.330 e. The molecule has 1 rings (SSSR count). The van der Waals surface area contributed by atoms with E-state index in [0.29, 0.717) is 6.54 Å². The van der Waals surface area contributed by atoms with Gasteiger partial charge in [0.05, 0.1) is 23.6 Å². The number of nitrogens with two attached hydrogens (primary N) is 1. The molecule has 0 amide bonds. The van der Waals surface area contributed by atoms with Crippen LogP contribution < -0.4 is 5.73 Å². The summed E-state index contributed by atoms with van der Waals surface area (Å²) < 4.78 is 7.95. The van der Waals surface area contributed by atoms with Crippen LogP contribution in [0.4, 0.5) is 0 Å². The molecule has 0 aliphatic carbocycles. The lowest BCUT2D eigenvalue weighted by Crippen LogP contribution is -1.95. The van der Waals surface area contributed by atoms with Gasteiger partial charge in [0.2, 0.25) is 0 Å². The molecular formula is C7H11N3S. The largest absolute Gasteiger partial charge is 0.330 e. The molecule has 0 spiro atoms. The summed E-state index contributed by atoms with van der Waals surface area (Å²) in [5, 5.41) is 0. The number of nitrogens with zero attached hydrogens (tertiary/aromatic N) is 2. The van der Waals surface area contributed by atoms with Gasteiger partial charge in [0, 0.05) is 6.42 Å². The number of hydrogen-bond acceptors (Lipinski definition) is 4. The molecule has 1 aromatic heterocycles. The number of allylic oxidation sites excluding steroid dienone is 1. The molecule has 0 saturated carbocycles. The van der Waals surface area contributed by atoms with Crippen LogP contribution in [0, 0.1) is 0 Å². The van der Waals surface area contributed by atoms with Gasteiger partial charge in [-0.25, -0.2) is 0 Å². The summed E-state index contributed by atoms with van der Waals surface area (Å²) in [5.41, 5.74) is 6.34. The van der Waals surface area contributed by atoms with E-state index < -0.39 is 0 Å². The van der Waals surface area contributed by atoms with E-state index in [1.807, 2.05) is 0 Å². The first kappa shape index (κ1) is 8.36. The second-order valence-corrected chi connectivity index (χ2v) is 2.71. The van der Waals surface area contributed by atoms with Crippen LogP contribution in [0.1, 0.15) is 12.1 Å². The van der Waals surface area contributed by atoms with Crippen LogP contribution in [0.5, 0.6) is 0 Å². The molecule has 3 nitrogen and oxygen atoms in total. The predicted molar refractivity (Wildman–Crippen MR) is 46.4 cm³/mol. The van der Waals surface area contributed by atoms with Gasteiger partial charge in [-0.3, -0.25) is 0 Å². The van der Waals surface area contributed by atoms with E-state index in [1.165, 1.54) is 11.7 Å². The lowest BCUT2D eigenvalue weighted by Gasteiger charge is -1.85. The van der Waals surface area contributed by atoms with E-state index in [-0.39, 0.29) is 0 Å². The second-order valence-electron chi connectivity index (χ2n) is 2.15. The van der Waals surface area contributed by atoms with Gasteiger partial charge in [0.1, 0.15) is 0 Å². The van der Waals surface area contributed by atoms with E-state index in [4.69, 9.17) is 5.73 Å². The maximum absolute atomic E-state index is 5.31. The Bertz CT molecular complexity index is 205. The molecule has 0 aliphatic rings. The van der Waals surface area contributed by atoms with Crippen molar-refractivity contribution in [1.29, 1.82) is 0 Å². The minimum atomic E-state index is 0.714. The Labute approximate surface area is 70.3 Å². The Morgan fingerprint density at radius 1 is 1.55 bits per heavy atom. The second kappa shape index (κ2) is 4.98. The summed E-state index contributed by atoms with van der Waals surface area (Å²) in [4.78, 5) is 0. The first-order valence-corrected chi connectivity index (χ1v) is 4.28. The molecular weight excluding hydrogens is 158 g/mol. The van der Waals surface area contributed by atoms with Crippen molar-refractivity contribution in [2.45, 2.75) is 12.8 Å². The Hall–Kier alpha value is -0.740. The zero-order chi connectivity index (χ0) is 7.94. The molecule has 1 aromatic rings. The first-order chi connectivity index (χ1) is 5.43. The summed E-state index contributed by atoms with van der Waals surface area (Å²) in [5.74, 6) is 0. The van der Waals surface area contributed by atoms with E-state index in [2.05, 4.69) is 20.9 Å². The first-order valence-electron chi connectivity index (χ1n) is 3.55. The Balaban J connectivity index is 2.23. The SMILES string of the molecule is NCC/C=C/Cc1cnsn1. The van der Waals surface area contributed by atoms with Crippen molar-refractivity contribution in [2.24, 2.45) is 5.73 Å². The minimum absolute atomic E-state index is 0.714. The van der Waals surface area contributed by atoms with Gasteiger partial charge in [0.25, 0.3) is 0 Å². The van der Waals surface area contributed by atoms with Gasteiger partial charge in [-0.2, -0.15) is 8.75 Å². The molecule has 0 bridgehead atoms. The number of rotatable bonds is 4. The third-order valence-electron chi connectivity index (χ3n) is 1.23. The summed E-state index contributed by atoms with van der Waals surface area (Å²) in [6.45, 7) is 0.714. The highest BCUT2D eigenvalue weighted by Gasteiger charge is 1.89. The maximum Gasteiger partial charge on any atom is 0.0780 e. The molecule has 1 heterocycles. The molecule has 0 fully saturated rings. The van der Waals surface area contributed by atoms with Crippen LogP contribution >= 0.6 is 11.7 Å². The van der Waals surface area contributed by atoms with Crippen molar-refractivity contribution in [3.63, 3.8) is 0 Å². The molecule has 0 aromatic carbocycles. The smallest absolute Gasteiger partial charge is 0.0780 e. The molecule has 4 heteroatoms. The number of aromatic nitrogens is 2. The molecule has 11 heavy (non-hydrogen) atoms. The van der Waals surface area contributed by atoms with Crippen LogP contribution in [0.25, 0.3) is 0 Å². The fourth-order valence-electron chi connectivity index (χ4n) is 0.692. The van der Waals surface area contributed by atoms with Gasteiger partial charge in [-0.1, -0.05) is 12.2 Å². The Kier molecular flexibility index (Phi) is 3.79. The summed E-state index contributed by atoms with van der Waals surface area (Å²) in [6, 6.07) is 0. The average molecular weight is 169 g/mol. The molecule has 2 N–H and O–H groups in total. The van der Waals surface area contributed by atoms with E-state index in [9.17, 15) is 0 Å². The van der Waals surface area contributed by atoms with Crippen LogP contribution in [0.15, 0.2) is 18.3 Å². The van der Waals surface area contributed by atoms with Crippen molar-refractivity contribution in [3.8, 4) is 0 Å². The van der Waals surface area contributed by atoms with E-state index in [0.717, 1.165) is 18.5 Å². The number of hydrogen-bond donors (Lipinski definition) is 1.